The van der Waals surface area contributed by atoms with Gasteiger partial charge in [0.2, 0.25) is 0 Å². The minimum atomic E-state index is -0.478. The van der Waals surface area contributed by atoms with Crippen molar-refractivity contribution in [3.05, 3.63) is 0 Å². The smallest absolute Gasteiger partial charge is 0.312 e. The van der Waals surface area contributed by atoms with E-state index in [-0.39, 0.29) is 17.5 Å². The minimum absolute atomic E-state index is 0.0681. The van der Waals surface area contributed by atoms with Gasteiger partial charge in [0, 0.05) is 5.71 Å². The van der Waals surface area contributed by atoms with Gasteiger partial charge in [0.1, 0.15) is 5.60 Å². The Hall–Kier alpha value is -1.17. The maximum absolute atomic E-state index is 11.3. The van der Waals surface area contributed by atoms with Gasteiger partial charge < -0.3 is 10.5 Å². The highest BCUT2D eigenvalue weighted by molar-refractivity contribution is 7.80. The van der Waals surface area contributed by atoms with E-state index in [1.54, 1.807) is 6.92 Å². The lowest BCUT2D eigenvalue weighted by atomic mass is 10.2. The van der Waals surface area contributed by atoms with Gasteiger partial charge in [-0.1, -0.05) is 0 Å². The fourth-order valence-corrected chi connectivity index (χ4v) is 0.822. The number of rotatable bonds is 3. The number of thiocarbonyl (C=S) groups is 1. The van der Waals surface area contributed by atoms with Crippen LogP contribution in [-0.2, 0) is 9.53 Å². The molecule has 5 nitrogen and oxygen atoms in total. The van der Waals surface area contributed by atoms with Crippen LogP contribution in [0.25, 0.3) is 0 Å². The number of hydrogen-bond acceptors (Lipinski definition) is 4. The van der Waals surface area contributed by atoms with Crippen molar-refractivity contribution in [1.82, 2.24) is 5.43 Å². The summed E-state index contributed by atoms with van der Waals surface area (Å²) in [6.07, 6.45) is 0.118. The quantitative estimate of drug-likeness (QED) is 0.327. The van der Waals surface area contributed by atoms with Gasteiger partial charge in [-0.3, -0.25) is 10.2 Å². The molecule has 0 aliphatic carbocycles. The van der Waals surface area contributed by atoms with Gasteiger partial charge in [0.25, 0.3) is 0 Å². The normalized spacial score (nSPS) is 12.1. The fraction of sp³-hybridized carbons (Fsp3) is 0.667. The average Bonchev–Trinajstić information content (AvgIpc) is 1.96. The summed E-state index contributed by atoms with van der Waals surface area (Å²) in [7, 11) is 0. The molecule has 0 fully saturated rings. The summed E-state index contributed by atoms with van der Waals surface area (Å²) in [6.45, 7) is 7.12. The SMILES string of the molecule is C/C(CC(=O)OC(C)(C)C)=N\NC(N)=S. The van der Waals surface area contributed by atoms with E-state index in [0.29, 0.717) is 5.71 Å². The molecule has 6 heteroatoms. The first-order chi connectivity index (χ1) is 6.70. The van der Waals surface area contributed by atoms with Crippen LogP contribution in [-0.4, -0.2) is 22.4 Å². The van der Waals surface area contributed by atoms with Crippen LogP contribution in [0, 0.1) is 0 Å². The van der Waals surface area contributed by atoms with Gasteiger partial charge in [-0.25, -0.2) is 0 Å². The van der Waals surface area contributed by atoms with Crippen molar-refractivity contribution in [2.24, 2.45) is 10.8 Å². The van der Waals surface area contributed by atoms with Crippen molar-refractivity contribution in [3.63, 3.8) is 0 Å². The summed E-state index contributed by atoms with van der Waals surface area (Å²) >= 11 is 4.56. The molecule has 86 valence electrons. The van der Waals surface area contributed by atoms with Crippen LogP contribution in [0.3, 0.4) is 0 Å². The Morgan fingerprint density at radius 1 is 1.53 bits per heavy atom. The van der Waals surface area contributed by atoms with Crippen molar-refractivity contribution in [2.45, 2.75) is 39.7 Å². The molecule has 0 aromatic carbocycles. The average molecular weight is 231 g/mol. The summed E-state index contributed by atoms with van der Waals surface area (Å²) in [4.78, 5) is 11.3. The molecule has 3 N–H and O–H groups in total. The van der Waals surface area contributed by atoms with Gasteiger partial charge in [0.15, 0.2) is 5.11 Å². The highest BCUT2D eigenvalue weighted by Crippen LogP contribution is 2.08. The predicted molar refractivity (Wildman–Crippen MR) is 63.5 cm³/mol. The van der Waals surface area contributed by atoms with Crippen molar-refractivity contribution < 1.29 is 9.53 Å². The minimum Gasteiger partial charge on any atom is -0.460 e. The van der Waals surface area contributed by atoms with Gasteiger partial charge in [-0.15, -0.1) is 0 Å². The third-order valence-electron chi connectivity index (χ3n) is 1.18. The molecule has 0 aromatic rings. The molecule has 0 atom stereocenters. The number of esters is 1. The first-order valence-corrected chi connectivity index (χ1v) is 4.92. The summed E-state index contributed by atoms with van der Waals surface area (Å²) < 4.78 is 5.10. The molecule has 0 aliphatic rings. The molecule has 0 saturated carbocycles. The van der Waals surface area contributed by atoms with Gasteiger partial charge in [-0.05, 0) is 39.9 Å². The maximum Gasteiger partial charge on any atom is 0.312 e. The lowest BCUT2D eigenvalue weighted by Crippen LogP contribution is -2.27. The molecule has 0 spiro atoms. The molecule has 0 unspecified atom stereocenters. The number of nitrogens with zero attached hydrogens (tertiary/aromatic N) is 1. The van der Waals surface area contributed by atoms with Gasteiger partial charge in [0.05, 0.1) is 6.42 Å². The van der Waals surface area contributed by atoms with Gasteiger partial charge >= 0.3 is 5.97 Å². The Balaban J connectivity index is 4.07. The van der Waals surface area contributed by atoms with Crippen LogP contribution in [0.2, 0.25) is 0 Å². The van der Waals surface area contributed by atoms with E-state index < -0.39 is 5.60 Å². The molecule has 0 radical (unpaired) electrons. The lowest BCUT2D eigenvalue weighted by Gasteiger charge is -2.19. The first kappa shape index (κ1) is 13.8. The summed E-state index contributed by atoms with van der Waals surface area (Å²) in [5.41, 5.74) is 7.66. The number of ether oxygens (including phenoxy) is 1. The second-order valence-electron chi connectivity index (χ2n) is 4.09. The number of hydrogen-bond donors (Lipinski definition) is 2. The number of nitrogens with two attached hydrogens (primary N) is 1. The monoisotopic (exact) mass is 231 g/mol. The topological polar surface area (TPSA) is 76.7 Å². The number of nitrogens with one attached hydrogen (secondary N) is 1. The van der Waals surface area contributed by atoms with E-state index in [1.165, 1.54) is 0 Å². The van der Waals surface area contributed by atoms with Crippen LogP contribution in [0.5, 0.6) is 0 Å². The van der Waals surface area contributed by atoms with Crippen LogP contribution < -0.4 is 11.2 Å². The third kappa shape index (κ3) is 9.14. The Morgan fingerprint density at radius 3 is 2.47 bits per heavy atom. The zero-order chi connectivity index (χ0) is 12.1. The highest BCUT2D eigenvalue weighted by Gasteiger charge is 2.16. The molecule has 0 bridgehead atoms. The van der Waals surface area contributed by atoms with Crippen LogP contribution in [0.4, 0.5) is 0 Å². The van der Waals surface area contributed by atoms with E-state index in [9.17, 15) is 4.79 Å². The molecular formula is C9H17N3O2S. The van der Waals surface area contributed by atoms with E-state index in [4.69, 9.17) is 10.5 Å². The van der Waals surface area contributed by atoms with E-state index in [0.717, 1.165) is 0 Å². The Bertz CT molecular complexity index is 282. The number of carbonyl (C=O) groups excluding carboxylic acids is 1. The zero-order valence-electron chi connectivity index (χ0n) is 9.46. The summed E-state index contributed by atoms with van der Waals surface area (Å²) in [5.74, 6) is -0.325. The van der Waals surface area contributed by atoms with E-state index in [1.807, 2.05) is 20.8 Å². The van der Waals surface area contributed by atoms with Crippen LogP contribution in [0.15, 0.2) is 5.10 Å². The van der Waals surface area contributed by atoms with Crippen molar-refractivity contribution in [3.8, 4) is 0 Å². The van der Waals surface area contributed by atoms with Gasteiger partial charge in [-0.2, -0.15) is 5.10 Å². The lowest BCUT2D eigenvalue weighted by molar-refractivity contribution is -0.153. The highest BCUT2D eigenvalue weighted by atomic mass is 32.1. The number of hydrazone groups is 1. The molecule has 0 heterocycles. The molecule has 15 heavy (non-hydrogen) atoms. The largest absolute Gasteiger partial charge is 0.460 e. The molecule has 0 rings (SSSR count). The summed E-state index contributed by atoms with van der Waals surface area (Å²) in [5, 5.41) is 3.86. The van der Waals surface area contributed by atoms with Crippen molar-refractivity contribution in [1.29, 1.82) is 0 Å². The van der Waals surface area contributed by atoms with Crippen molar-refractivity contribution >= 4 is 29.0 Å². The molecule has 0 amide bonds. The second kappa shape index (κ2) is 5.65. The second-order valence-corrected chi connectivity index (χ2v) is 4.53. The number of carbonyl (C=O) groups is 1. The molecule has 0 aliphatic heterocycles. The Labute approximate surface area is 95.0 Å². The van der Waals surface area contributed by atoms with Crippen LogP contribution >= 0.6 is 12.2 Å². The fourth-order valence-electron chi connectivity index (χ4n) is 0.777. The predicted octanol–water partition coefficient (Wildman–Crippen LogP) is 0.927. The third-order valence-corrected chi connectivity index (χ3v) is 1.27. The van der Waals surface area contributed by atoms with Crippen LogP contribution in [0.1, 0.15) is 34.1 Å². The Morgan fingerprint density at radius 2 is 2.07 bits per heavy atom. The molecule has 0 aromatic heterocycles. The van der Waals surface area contributed by atoms with E-state index in [2.05, 4.69) is 22.7 Å². The van der Waals surface area contributed by atoms with Crippen molar-refractivity contribution in [2.75, 3.05) is 0 Å². The maximum atomic E-state index is 11.3. The molecular weight excluding hydrogens is 214 g/mol. The zero-order valence-corrected chi connectivity index (χ0v) is 10.3. The molecule has 0 saturated heterocycles. The standard InChI is InChI=1S/C9H17N3O2S/c1-6(11-12-8(10)15)5-7(13)14-9(2,3)4/h5H2,1-4H3,(H3,10,12,15)/b11-6+. The Kier molecular flexibility index (Phi) is 5.21. The van der Waals surface area contributed by atoms with E-state index >= 15 is 0 Å². The first-order valence-electron chi connectivity index (χ1n) is 4.51. The summed E-state index contributed by atoms with van der Waals surface area (Å²) in [6, 6.07) is 0.